The minimum absolute atomic E-state index is 0. The highest BCUT2D eigenvalue weighted by molar-refractivity contribution is 6.27. The van der Waals surface area contributed by atoms with Gasteiger partial charge >= 0.3 is 23.8 Å². The van der Waals surface area contributed by atoms with E-state index < -0.39 is 11.9 Å². The molecule has 0 aliphatic carbocycles. The van der Waals surface area contributed by atoms with E-state index in [1.807, 2.05) is 0 Å². The summed E-state index contributed by atoms with van der Waals surface area (Å²) < 4.78 is 0. The van der Waals surface area contributed by atoms with Gasteiger partial charge < -0.3 is 15.3 Å². The zero-order valence-corrected chi connectivity index (χ0v) is 5.46. The molecule has 110 valence electrons. The fraction of sp³-hybridized carbons (Fsp3) is 0.556. The standard InChI is InChI=1S/C2H2O4.CH2O2.CO2.5CH4.H2/c3-1(4)2(5)6;2*2-1-3;;;;;;/h(H,3,4)(H,5,6);1H,(H,2,3);;5*1H4;1H/p+4. The van der Waals surface area contributed by atoms with Crippen molar-refractivity contribution in [2.24, 2.45) is 0 Å². The second-order valence-corrected chi connectivity index (χ2v) is 0.799. The van der Waals surface area contributed by atoms with Crippen molar-refractivity contribution in [3.05, 3.63) is 0 Å². The van der Waals surface area contributed by atoms with Crippen LogP contribution in [0.25, 0.3) is 0 Å². The summed E-state index contributed by atoms with van der Waals surface area (Å²) in [5, 5.41) is 21.7. The van der Waals surface area contributed by atoms with E-state index in [-0.39, 0.29) is 56.9 Å². The number of carboxylic acid groups (broad SMARTS) is 3. The van der Waals surface area contributed by atoms with Crippen LogP contribution in [-0.4, -0.2) is 39.9 Å². The molecule has 0 saturated carbocycles. The zero-order chi connectivity index (χ0) is 10.6. The maximum Gasteiger partial charge on any atom is 1.00 e. The lowest BCUT2D eigenvalue weighted by Crippen LogP contribution is -2.09. The van der Waals surface area contributed by atoms with E-state index in [4.69, 9.17) is 39.3 Å². The lowest BCUT2D eigenvalue weighted by molar-refractivity contribution is -0.191. The predicted molar refractivity (Wildman–Crippen MR) is 69.2 cm³/mol. The number of carbonyl (C=O) groups is 3. The third-order valence-electron chi connectivity index (χ3n) is 0.183. The molecule has 0 radical (unpaired) electrons. The van der Waals surface area contributed by atoms with Crippen LogP contribution >= 0.6 is 0 Å². The van der Waals surface area contributed by atoms with Gasteiger partial charge in [0.15, 0.2) is 0 Å². The summed E-state index contributed by atoms with van der Waals surface area (Å²) in [6.07, 6.45) is 0.250. The monoisotopic (exact) mass is 266 g/mol. The third kappa shape index (κ3) is 598. The summed E-state index contributed by atoms with van der Waals surface area (Å²) in [4.78, 5) is 42.8. The van der Waals surface area contributed by atoms with Gasteiger partial charge in [-0.05, 0) is 0 Å². The Morgan fingerprint density at radius 2 is 1.00 bits per heavy atom. The van der Waals surface area contributed by atoms with Crippen molar-refractivity contribution >= 4 is 24.6 Å². The molecule has 0 aromatic heterocycles. The summed E-state index contributed by atoms with van der Waals surface area (Å²) in [5.74, 6) is -3.65. The van der Waals surface area contributed by atoms with E-state index in [1.54, 1.807) is 0 Å². The first-order chi connectivity index (χ1) is 5.47. The van der Waals surface area contributed by atoms with Crippen LogP contribution in [0.4, 0.5) is 0 Å². The van der Waals surface area contributed by atoms with Crippen LogP contribution in [0.5, 0.6) is 0 Å². The first kappa shape index (κ1) is 61.0. The van der Waals surface area contributed by atoms with Gasteiger partial charge in [-0.3, -0.25) is 4.79 Å². The molecular formula is C9H30O8+4. The molecule has 0 bridgehead atoms. The summed E-state index contributed by atoms with van der Waals surface area (Å²) in [5.41, 5.74) is 0. The smallest absolute Gasteiger partial charge is 0.483 e. The number of carboxylic acids is 2. The number of hydrogen-bond donors (Lipinski definition) is 3. The van der Waals surface area contributed by atoms with Gasteiger partial charge in [0.05, 0.1) is 0 Å². The van der Waals surface area contributed by atoms with Crippen LogP contribution < -0.4 is 0 Å². The normalized spacial score (nSPS) is 3.76. The Labute approximate surface area is 109 Å². The molecule has 3 N–H and O–H groups in total. The fourth-order valence-corrected chi connectivity index (χ4v) is 0. The van der Waals surface area contributed by atoms with Crippen LogP contribution in [0.1, 0.15) is 44.3 Å². The van der Waals surface area contributed by atoms with E-state index in [9.17, 15) is 0 Å². The Kier molecular flexibility index (Phi) is 241. The Morgan fingerprint density at radius 3 is 1.00 bits per heavy atom. The average Bonchev–Trinajstić information content (AvgIpc) is 1.90. The largest absolute Gasteiger partial charge is 1.00 e. The Balaban J connectivity index is -0.00000000428. The molecule has 0 saturated heterocycles. The van der Waals surface area contributed by atoms with Gasteiger partial charge in [0.2, 0.25) is 0 Å². The molecule has 0 aromatic rings. The quantitative estimate of drug-likeness (QED) is 0.446. The number of aliphatic carboxylic acids is 2. The molecule has 0 atom stereocenters. The maximum absolute atomic E-state index is 9.10. The van der Waals surface area contributed by atoms with Crippen molar-refractivity contribution in [3.8, 4) is 0 Å². The van der Waals surface area contributed by atoms with E-state index in [0.717, 1.165) is 0 Å². The van der Waals surface area contributed by atoms with Crippen LogP contribution in [0, 0.1) is 0 Å². The maximum atomic E-state index is 9.10. The highest BCUT2D eigenvalue weighted by Gasteiger charge is 2.04. The molecule has 0 heterocycles. The molecule has 8 nitrogen and oxygen atoms in total. The molecule has 17 heavy (non-hydrogen) atoms. The lowest BCUT2D eigenvalue weighted by atomic mass is 10.7. The zero-order valence-electron chi connectivity index (χ0n) is 9.46. The summed E-state index contributed by atoms with van der Waals surface area (Å²) >= 11 is 0. The average molecular weight is 266 g/mol. The number of carbonyl (C=O) groups excluding carboxylic acids is 2. The Bertz CT molecular complexity index is 186. The van der Waals surface area contributed by atoms with Gasteiger partial charge in [-0.1, -0.05) is 37.1 Å². The minimum atomic E-state index is -1.82. The molecule has 0 fully saturated rings. The van der Waals surface area contributed by atoms with Crippen LogP contribution in [0.2, 0.25) is 0 Å². The molecule has 0 aromatic carbocycles. The van der Waals surface area contributed by atoms with Crippen molar-refractivity contribution in [1.29, 1.82) is 0 Å². The summed E-state index contributed by atoms with van der Waals surface area (Å²) in [6, 6.07) is 0. The topological polar surface area (TPSA) is 146 Å². The second kappa shape index (κ2) is 67.3. The molecular weight excluding hydrogens is 236 g/mol. The van der Waals surface area contributed by atoms with E-state index in [2.05, 4.69) is 0 Å². The fourth-order valence-electron chi connectivity index (χ4n) is 0. The molecule has 0 unspecified atom stereocenters. The number of rotatable bonds is 0. The van der Waals surface area contributed by atoms with Gasteiger partial charge in [-0.25, -0.2) is 9.59 Å². The first-order valence-corrected chi connectivity index (χ1v) is 2.01. The van der Waals surface area contributed by atoms with Crippen molar-refractivity contribution in [3.63, 3.8) is 0 Å². The number of hydrogen-bond acceptors (Lipinski definition) is 5. The van der Waals surface area contributed by atoms with Gasteiger partial charge in [0.25, 0.3) is 6.47 Å². The van der Waals surface area contributed by atoms with Crippen molar-refractivity contribution in [2.45, 2.75) is 37.1 Å². The highest BCUT2D eigenvalue weighted by atomic mass is 16.4. The van der Waals surface area contributed by atoms with Gasteiger partial charge in [-0.2, -0.15) is 9.59 Å². The van der Waals surface area contributed by atoms with Gasteiger partial charge in [0.1, 0.15) is 0 Å². The third-order valence-corrected chi connectivity index (χ3v) is 0.183. The molecule has 0 aliphatic heterocycles. The van der Waals surface area contributed by atoms with Crippen molar-refractivity contribution in [2.75, 3.05) is 0 Å². The second-order valence-electron chi connectivity index (χ2n) is 0.799. The Morgan fingerprint density at radius 1 is 0.941 bits per heavy atom. The van der Waals surface area contributed by atoms with Gasteiger partial charge in [0, 0.05) is 1.43 Å². The molecule has 8 heteroatoms. The minimum Gasteiger partial charge on any atom is -0.483 e. The van der Waals surface area contributed by atoms with Crippen LogP contribution in [0.3, 0.4) is 0 Å². The first-order valence-electron chi connectivity index (χ1n) is 2.01. The van der Waals surface area contributed by atoms with E-state index in [1.165, 1.54) is 0 Å². The van der Waals surface area contributed by atoms with Crippen molar-refractivity contribution < 1.29 is 46.4 Å². The predicted octanol–water partition coefficient (Wildman–Crippen LogP) is 2.15. The molecule has 0 spiro atoms. The van der Waals surface area contributed by atoms with Crippen molar-refractivity contribution in [1.82, 2.24) is 0 Å². The highest BCUT2D eigenvalue weighted by Crippen LogP contribution is 1.56. The van der Waals surface area contributed by atoms with Gasteiger partial charge in [-0.15, -0.1) is 0 Å². The van der Waals surface area contributed by atoms with E-state index in [0.29, 0.717) is 0 Å². The molecule has 0 rings (SSSR count). The summed E-state index contributed by atoms with van der Waals surface area (Å²) in [7, 11) is 0. The van der Waals surface area contributed by atoms with Crippen LogP contribution in [-0.2, 0) is 24.0 Å². The Hall–Kier alpha value is -2.21. The molecule has 0 amide bonds. The lowest BCUT2D eigenvalue weighted by Gasteiger charge is -1.72. The van der Waals surface area contributed by atoms with E-state index >= 15 is 0 Å². The molecule has 0 aliphatic rings. The van der Waals surface area contributed by atoms with Crippen LogP contribution in [0.15, 0.2) is 0 Å². The summed E-state index contributed by atoms with van der Waals surface area (Å²) in [6.45, 7) is -0.250. The SMILES string of the molecule is C.C.C.C.C.O=C(O)C(=O)O.O=C=O.O=CO.[H+].[H+].[H+].[H+].[HH].